The third kappa shape index (κ3) is 2.83. The number of fused-ring (bicyclic) bond motifs is 1. The standard InChI is InChI=1S/C17H17N3O3S/c1-9-12-15(21)19-14(11-6-4-10(5-7-11)8-23-3)20-17(12)24-13(9)16(22)18-2/h4-7H,8H2,1-3H3,(H,18,22)(H,19,20,21). The van der Waals surface area contributed by atoms with Crippen molar-refractivity contribution in [2.45, 2.75) is 13.5 Å². The molecule has 0 unspecified atom stereocenters. The zero-order valence-electron chi connectivity index (χ0n) is 13.6. The van der Waals surface area contributed by atoms with E-state index in [1.807, 2.05) is 24.3 Å². The molecule has 0 saturated carbocycles. The van der Waals surface area contributed by atoms with Crippen LogP contribution in [0.5, 0.6) is 0 Å². The number of methoxy groups -OCH3 is 1. The molecule has 0 aliphatic heterocycles. The maximum Gasteiger partial charge on any atom is 0.261 e. The van der Waals surface area contributed by atoms with Crippen LogP contribution in [0.4, 0.5) is 0 Å². The minimum absolute atomic E-state index is 0.208. The van der Waals surface area contributed by atoms with Crippen LogP contribution in [0.2, 0.25) is 0 Å². The molecule has 124 valence electrons. The highest BCUT2D eigenvalue weighted by molar-refractivity contribution is 7.20. The number of hydrogen-bond acceptors (Lipinski definition) is 5. The van der Waals surface area contributed by atoms with Crippen LogP contribution in [0, 0.1) is 6.92 Å². The number of aromatic nitrogens is 2. The van der Waals surface area contributed by atoms with Gasteiger partial charge in [0.1, 0.15) is 10.7 Å². The van der Waals surface area contributed by atoms with E-state index in [1.165, 1.54) is 11.3 Å². The van der Waals surface area contributed by atoms with Crippen molar-refractivity contribution in [3.05, 3.63) is 50.6 Å². The van der Waals surface area contributed by atoms with Crippen molar-refractivity contribution in [2.24, 2.45) is 0 Å². The Hall–Kier alpha value is -2.51. The highest BCUT2D eigenvalue weighted by atomic mass is 32.1. The molecule has 2 aromatic heterocycles. The lowest BCUT2D eigenvalue weighted by Crippen LogP contribution is -2.17. The first-order valence-electron chi connectivity index (χ1n) is 7.39. The van der Waals surface area contributed by atoms with E-state index in [4.69, 9.17) is 4.74 Å². The maximum atomic E-state index is 12.4. The van der Waals surface area contributed by atoms with Gasteiger partial charge in [0.15, 0.2) is 0 Å². The lowest BCUT2D eigenvalue weighted by Gasteiger charge is -2.03. The number of carbonyl (C=O) groups excluding carboxylic acids is 1. The second-order valence-corrected chi connectivity index (χ2v) is 6.36. The maximum absolute atomic E-state index is 12.4. The van der Waals surface area contributed by atoms with Gasteiger partial charge in [0.25, 0.3) is 11.5 Å². The van der Waals surface area contributed by atoms with Crippen LogP contribution in [0.25, 0.3) is 21.6 Å². The summed E-state index contributed by atoms with van der Waals surface area (Å²) in [5.74, 6) is 0.279. The van der Waals surface area contributed by atoms with Crippen LogP contribution in [-0.4, -0.2) is 30.0 Å². The van der Waals surface area contributed by atoms with Gasteiger partial charge in [-0.1, -0.05) is 24.3 Å². The highest BCUT2D eigenvalue weighted by Gasteiger charge is 2.18. The Labute approximate surface area is 142 Å². The number of nitrogens with zero attached hydrogens (tertiary/aromatic N) is 1. The predicted octanol–water partition coefficient (Wildman–Crippen LogP) is 2.47. The van der Waals surface area contributed by atoms with Crippen LogP contribution in [-0.2, 0) is 11.3 Å². The van der Waals surface area contributed by atoms with Crippen molar-refractivity contribution in [1.82, 2.24) is 15.3 Å². The molecule has 0 radical (unpaired) electrons. The predicted molar refractivity (Wildman–Crippen MR) is 94.5 cm³/mol. The number of nitrogens with one attached hydrogen (secondary N) is 2. The topological polar surface area (TPSA) is 84.1 Å². The Morgan fingerprint density at radius 1 is 1.33 bits per heavy atom. The number of aryl methyl sites for hydroxylation is 1. The van der Waals surface area contributed by atoms with Crippen LogP contribution < -0.4 is 10.9 Å². The summed E-state index contributed by atoms with van der Waals surface area (Å²) in [4.78, 5) is 32.8. The molecule has 2 heterocycles. The summed E-state index contributed by atoms with van der Waals surface area (Å²) in [5, 5.41) is 3.06. The molecule has 0 aliphatic carbocycles. The van der Waals surface area contributed by atoms with Crippen molar-refractivity contribution in [3.63, 3.8) is 0 Å². The van der Waals surface area contributed by atoms with Crippen LogP contribution in [0.3, 0.4) is 0 Å². The fraction of sp³-hybridized carbons (Fsp3) is 0.235. The minimum atomic E-state index is -0.236. The number of benzene rings is 1. The number of hydrogen-bond donors (Lipinski definition) is 2. The number of amides is 1. The van der Waals surface area contributed by atoms with Gasteiger partial charge in [0.05, 0.1) is 16.9 Å². The minimum Gasteiger partial charge on any atom is -0.380 e. The molecular weight excluding hydrogens is 326 g/mol. The van der Waals surface area contributed by atoms with Gasteiger partial charge in [-0.15, -0.1) is 11.3 Å². The molecule has 7 heteroatoms. The Morgan fingerprint density at radius 2 is 2.04 bits per heavy atom. The van der Waals surface area contributed by atoms with E-state index >= 15 is 0 Å². The van der Waals surface area contributed by atoms with Crippen molar-refractivity contribution in [2.75, 3.05) is 14.2 Å². The first-order chi connectivity index (χ1) is 11.5. The van der Waals surface area contributed by atoms with Gasteiger partial charge in [0, 0.05) is 19.7 Å². The van der Waals surface area contributed by atoms with Gasteiger partial charge in [-0.2, -0.15) is 0 Å². The van der Waals surface area contributed by atoms with Crippen molar-refractivity contribution < 1.29 is 9.53 Å². The molecule has 3 rings (SSSR count). The second-order valence-electron chi connectivity index (χ2n) is 5.36. The summed E-state index contributed by atoms with van der Waals surface area (Å²) < 4.78 is 5.09. The molecule has 6 nitrogen and oxygen atoms in total. The van der Waals surface area contributed by atoms with E-state index < -0.39 is 0 Å². The molecular formula is C17H17N3O3S. The van der Waals surface area contributed by atoms with E-state index in [0.717, 1.165) is 11.1 Å². The molecule has 0 saturated heterocycles. The van der Waals surface area contributed by atoms with E-state index in [0.29, 0.717) is 33.1 Å². The molecule has 0 aliphatic rings. The second kappa shape index (κ2) is 6.54. The van der Waals surface area contributed by atoms with Crippen molar-refractivity contribution in [1.29, 1.82) is 0 Å². The summed E-state index contributed by atoms with van der Waals surface area (Å²) in [6.45, 7) is 2.29. The Bertz CT molecular complexity index is 958. The van der Waals surface area contributed by atoms with Crippen molar-refractivity contribution >= 4 is 27.5 Å². The SMILES string of the molecule is CNC(=O)c1sc2nc(-c3ccc(COC)cc3)[nH]c(=O)c2c1C. The molecule has 1 amide bonds. The van der Waals surface area contributed by atoms with Gasteiger partial charge < -0.3 is 15.0 Å². The lowest BCUT2D eigenvalue weighted by atomic mass is 10.1. The van der Waals surface area contributed by atoms with Crippen LogP contribution in [0.1, 0.15) is 20.8 Å². The summed E-state index contributed by atoms with van der Waals surface area (Å²) in [7, 11) is 3.21. The fourth-order valence-electron chi connectivity index (χ4n) is 2.54. The molecule has 0 bridgehead atoms. The van der Waals surface area contributed by atoms with Gasteiger partial charge in [-0.3, -0.25) is 9.59 Å². The van der Waals surface area contributed by atoms with E-state index in [9.17, 15) is 9.59 Å². The third-order valence-electron chi connectivity index (χ3n) is 3.77. The van der Waals surface area contributed by atoms with E-state index in [-0.39, 0.29) is 11.5 Å². The third-order valence-corrected chi connectivity index (χ3v) is 4.96. The number of carbonyl (C=O) groups is 1. The first kappa shape index (κ1) is 16.4. The normalized spacial score (nSPS) is 11.0. The zero-order chi connectivity index (χ0) is 17.3. The number of aromatic amines is 1. The lowest BCUT2D eigenvalue weighted by molar-refractivity contribution is 0.0966. The molecule has 3 aromatic rings. The monoisotopic (exact) mass is 343 g/mol. The Kier molecular flexibility index (Phi) is 4.46. The number of H-pyrrole nitrogens is 1. The molecule has 24 heavy (non-hydrogen) atoms. The summed E-state index contributed by atoms with van der Waals surface area (Å²) in [5.41, 5.74) is 2.27. The molecule has 2 N–H and O–H groups in total. The number of rotatable bonds is 4. The first-order valence-corrected chi connectivity index (χ1v) is 8.20. The Morgan fingerprint density at radius 3 is 2.67 bits per heavy atom. The number of ether oxygens (including phenoxy) is 1. The summed E-state index contributed by atoms with van der Waals surface area (Å²) in [6.07, 6.45) is 0. The Balaban J connectivity index is 2.10. The summed E-state index contributed by atoms with van der Waals surface area (Å²) in [6, 6.07) is 7.63. The molecule has 0 atom stereocenters. The quantitative estimate of drug-likeness (QED) is 0.762. The smallest absolute Gasteiger partial charge is 0.261 e. The van der Waals surface area contributed by atoms with Gasteiger partial charge >= 0.3 is 0 Å². The molecule has 1 aromatic carbocycles. The number of thiophene rings is 1. The zero-order valence-corrected chi connectivity index (χ0v) is 14.4. The largest absolute Gasteiger partial charge is 0.380 e. The van der Waals surface area contributed by atoms with E-state index in [2.05, 4.69) is 15.3 Å². The van der Waals surface area contributed by atoms with Gasteiger partial charge in [-0.05, 0) is 18.1 Å². The van der Waals surface area contributed by atoms with Gasteiger partial charge in [0.2, 0.25) is 0 Å². The van der Waals surface area contributed by atoms with Crippen LogP contribution >= 0.6 is 11.3 Å². The van der Waals surface area contributed by atoms with Crippen LogP contribution in [0.15, 0.2) is 29.1 Å². The molecule has 0 fully saturated rings. The summed E-state index contributed by atoms with van der Waals surface area (Å²) >= 11 is 1.23. The van der Waals surface area contributed by atoms with Gasteiger partial charge in [-0.25, -0.2) is 4.98 Å². The average Bonchev–Trinajstić information content (AvgIpc) is 2.92. The highest BCUT2D eigenvalue weighted by Crippen LogP contribution is 2.28. The fourth-order valence-corrected chi connectivity index (χ4v) is 3.66. The molecule has 0 spiro atoms. The van der Waals surface area contributed by atoms with Crippen molar-refractivity contribution in [3.8, 4) is 11.4 Å². The van der Waals surface area contributed by atoms with E-state index in [1.54, 1.807) is 21.1 Å². The average molecular weight is 343 g/mol.